The van der Waals surface area contributed by atoms with E-state index in [9.17, 15) is 0 Å². The Morgan fingerprint density at radius 1 is 1.24 bits per heavy atom. The molecule has 0 amide bonds. The van der Waals surface area contributed by atoms with Crippen LogP contribution in [0, 0.1) is 12.3 Å². The van der Waals surface area contributed by atoms with E-state index in [1.807, 2.05) is 0 Å². The molecule has 1 unspecified atom stereocenters. The van der Waals surface area contributed by atoms with Crippen LogP contribution in [0.25, 0.3) is 0 Å². The molecule has 1 aliphatic heterocycles. The molecule has 2 heteroatoms. The van der Waals surface area contributed by atoms with Gasteiger partial charge in [-0.3, -0.25) is 0 Å². The summed E-state index contributed by atoms with van der Waals surface area (Å²) in [5, 5.41) is 3.60. The van der Waals surface area contributed by atoms with E-state index < -0.39 is 0 Å². The highest BCUT2D eigenvalue weighted by molar-refractivity contribution is 5.48. The highest BCUT2D eigenvalue weighted by Gasteiger charge is 2.27. The van der Waals surface area contributed by atoms with Crippen molar-refractivity contribution >= 4 is 5.69 Å². The lowest BCUT2D eigenvalue weighted by Gasteiger charge is -2.31. The molecule has 1 atom stereocenters. The van der Waals surface area contributed by atoms with Gasteiger partial charge in [-0.15, -0.1) is 0 Å². The Morgan fingerprint density at radius 3 is 2.53 bits per heavy atom. The van der Waals surface area contributed by atoms with E-state index in [2.05, 4.69) is 62.2 Å². The third-order valence-corrected chi connectivity index (χ3v) is 3.44. The van der Waals surface area contributed by atoms with Gasteiger partial charge in [0, 0.05) is 31.4 Å². The van der Waals surface area contributed by atoms with Crippen LogP contribution in [-0.2, 0) is 0 Å². The minimum atomic E-state index is 0.329. The lowest BCUT2D eigenvalue weighted by atomic mass is 9.93. The molecule has 17 heavy (non-hydrogen) atoms. The summed E-state index contributed by atoms with van der Waals surface area (Å²) in [5.74, 6) is 0. The van der Waals surface area contributed by atoms with Gasteiger partial charge in [-0.25, -0.2) is 0 Å². The molecule has 0 aliphatic carbocycles. The molecule has 94 valence electrons. The summed E-state index contributed by atoms with van der Waals surface area (Å²) in [7, 11) is 0. The molecular weight excluding hydrogens is 208 g/mol. The van der Waals surface area contributed by atoms with Crippen molar-refractivity contribution in [2.45, 2.75) is 33.7 Å². The molecule has 1 saturated heterocycles. The number of nitrogens with zero attached hydrogens (tertiary/aromatic N) is 1. The van der Waals surface area contributed by atoms with Crippen LogP contribution in [0.5, 0.6) is 0 Å². The average molecular weight is 232 g/mol. The fourth-order valence-electron chi connectivity index (χ4n) is 2.44. The van der Waals surface area contributed by atoms with Gasteiger partial charge in [-0.05, 0) is 31.4 Å². The number of benzene rings is 1. The zero-order valence-electron chi connectivity index (χ0n) is 11.5. The molecule has 0 spiro atoms. The molecule has 1 aromatic carbocycles. The molecule has 1 N–H and O–H groups in total. The van der Waals surface area contributed by atoms with Crippen molar-refractivity contribution < 1.29 is 0 Å². The first kappa shape index (κ1) is 12.4. The van der Waals surface area contributed by atoms with Crippen LogP contribution in [0.2, 0.25) is 0 Å². The maximum absolute atomic E-state index is 3.60. The van der Waals surface area contributed by atoms with Gasteiger partial charge in [0.15, 0.2) is 0 Å². The van der Waals surface area contributed by atoms with Gasteiger partial charge in [0.05, 0.1) is 0 Å². The van der Waals surface area contributed by atoms with Crippen molar-refractivity contribution in [2.24, 2.45) is 5.41 Å². The van der Waals surface area contributed by atoms with Gasteiger partial charge in [0.2, 0.25) is 0 Å². The quantitative estimate of drug-likeness (QED) is 0.801. The summed E-state index contributed by atoms with van der Waals surface area (Å²) in [6.45, 7) is 12.4. The summed E-state index contributed by atoms with van der Waals surface area (Å²) in [6.07, 6.45) is 0. The van der Waals surface area contributed by atoms with Crippen molar-refractivity contribution in [3.05, 3.63) is 29.8 Å². The van der Waals surface area contributed by atoms with E-state index in [4.69, 9.17) is 0 Å². The Bertz CT molecular complexity index is 367. The Balaban J connectivity index is 2.20. The summed E-state index contributed by atoms with van der Waals surface area (Å²) < 4.78 is 0. The minimum absolute atomic E-state index is 0.329. The van der Waals surface area contributed by atoms with E-state index in [1.54, 1.807) is 0 Å². The Kier molecular flexibility index (Phi) is 3.43. The number of aryl methyl sites for hydroxylation is 1. The van der Waals surface area contributed by atoms with Crippen molar-refractivity contribution in [1.82, 2.24) is 5.32 Å². The zero-order valence-corrected chi connectivity index (χ0v) is 11.5. The number of hydrogen-bond donors (Lipinski definition) is 1. The van der Waals surface area contributed by atoms with Gasteiger partial charge in [0.1, 0.15) is 0 Å². The molecule has 0 saturated carbocycles. The maximum atomic E-state index is 3.60. The summed E-state index contributed by atoms with van der Waals surface area (Å²) in [5.41, 5.74) is 3.00. The predicted molar refractivity (Wildman–Crippen MR) is 74.6 cm³/mol. The van der Waals surface area contributed by atoms with Crippen LogP contribution in [0.15, 0.2) is 24.3 Å². The first-order chi connectivity index (χ1) is 7.96. The minimum Gasteiger partial charge on any atom is -0.369 e. The lowest BCUT2D eigenvalue weighted by Crippen LogP contribution is -2.35. The first-order valence-electron chi connectivity index (χ1n) is 6.51. The molecule has 0 aromatic heterocycles. The molecule has 1 heterocycles. The smallest absolute Gasteiger partial charge is 0.0367 e. The molecule has 1 aromatic rings. The standard InChI is InChI=1S/C15H24N2/c1-12-5-7-14(8-6-12)17-9-13(2)16-10-15(3,4)11-17/h5-8,13,16H,9-11H2,1-4H3. The molecule has 0 bridgehead atoms. The van der Waals surface area contributed by atoms with Crippen LogP contribution >= 0.6 is 0 Å². The highest BCUT2D eigenvalue weighted by atomic mass is 15.2. The fraction of sp³-hybridized carbons (Fsp3) is 0.600. The highest BCUT2D eigenvalue weighted by Crippen LogP contribution is 2.24. The largest absolute Gasteiger partial charge is 0.369 e. The maximum Gasteiger partial charge on any atom is 0.0367 e. The normalized spacial score (nSPS) is 24.5. The van der Waals surface area contributed by atoms with Gasteiger partial charge >= 0.3 is 0 Å². The third-order valence-electron chi connectivity index (χ3n) is 3.44. The van der Waals surface area contributed by atoms with Crippen molar-refractivity contribution in [1.29, 1.82) is 0 Å². The van der Waals surface area contributed by atoms with Crippen LogP contribution in [-0.4, -0.2) is 25.7 Å². The predicted octanol–water partition coefficient (Wildman–Crippen LogP) is 2.82. The van der Waals surface area contributed by atoms with E-state index >= 15 is 0 Å². The molecule has 2 nitrogen and oxygen atoms in total. The number of nitrogens with one attached hydrogen (secondary N) is 1. The number of rotatable bonds is 1. The van der Waals surface area contributed by atoms with Crippen molar-refractivity contribution in [2.75, 3.05) is 24.5 Å². The number of hydrogen-bond acceptors (Lipinski definition) is 2. The zero-order chi connectivity index (χ0) is 12.5. The molecular formula is C15H24N2. The second-order valence-corrected chi connectivity index (χ2v) is 6.16. The summed E-state index contributed by atoms with van der Waals surface area (Å²) in [6, 6.07) is 9.43. The van der Waals surface area contributed by atoms with Crippen molar-refractivity contribution in [3.8, 4) is 0 Å². The van der Waals surface area contributed by atoms with Gasteiger partial charge < -0.3 is 10.2 Å². The molecule has 2 rings (SSSR count). The molecule has 1 fully saturated rings. The fourth-order valence-corrected chi connectivity index (χ4v) is 2.44. The first-order valence-corrected chi connectivity index (χ1v) is 6.51. The molecule has 0 radical (unpaired) electrons. The molecule has 1 aliphatic rings. The van der Waals surface area contributed by atoms with Crippen LogP contribution in [0.4, 0.5) is 5.69 Å². The third kappa shape index (κ3) is 3.22. The topological polar surface area (TPSA) is 15.3 Å². The van der Waals surface area contributed by atoms with E-state index in [1.165, 1.54) is 11.3 Å². The Morgan fingerprint density at radius 2 is 1.88 bits per heavy atom. The van der Waals surface area contributed by atoms with E-state index in [-0.39, 0.29) is 0 Å². The number of anilines is 1. The van der Waals surface area contributed by atoms with E-state index in [0.717, 1.165) is 19.6 Å². The summed E-state index contributed by atoms with van der Waals surface area (Å²) in [4.78, 5) is 2.50. The van der Waals surface area contributed by atoms with Crippen molar-refractivity contribution in [3.63, 3.8) is 0 Å². The summed E-state index contributed by atoms with van der Waals surface area (Å²) >= 11 is 0. The van der Waals surface area contributed by atoms with Crippen LogP contribution < -0.4 is 10.2 Å². The van der Waals surface area contributed by atoms with Gasteiger partial charge in [0.25, 0.3) is 0 Å². The van der Waals surface area contributed by atoms with Gasteiger partial charge in [-0.2, -0.15) is 0 Å². The lowest BCUT2D eigenvalue weighted by molar-refractivity contribution is 0.362. The van der Waals surface area contributed by atoms with E-state index in [0.29, 0.717) is 11.5 Å². The second kappa shape index (κ2) is 4.69. The monoisotopic (exact) mass is 232 g/mol. The second-order valence-electron chi connectivity index (χ2n) is 6.16. The Hall–Kier alpha value is -1.02. The van der Waals surface area contributed by atoms with Gasteiger partial charge in [-0.1, -0.05) is 31.5 Å². The Labute approximate surface area is 105 Å². The van der Waals surface area contributed by atoms with Crippen LogP contribution in [0.1, 0.15) is 26.3 Å². The SMILES string of the molecule is Cc1ccc(N2CC(C)NCC(C)(C)C2)cc1. The van der Waals surface area contributed by atoms with Crippen LogP contribution in [0.3, 0.4) is 0 Å². The average Bonchev–Trinajstić information content (AvgIpc) is 2.39.